The predicted octanol–water partition coefficient (Wildman–Crippen LogP) is 4.53. The van der Waals surface area contributed by atoms with Crippen LogP contribution in [0.4, 0.5) is 0 Å². The van der Waals surface area contributed by atoms with Gasteiger partial charge in [-0.2, -0.15) is 0 Å². The van der Waals surface area contributed by atoms with Crippen molar-refractivity contribution >= 4 is 29.4 Å². The van der Waals surface area contributed by atoms with Crippen molar-refractivity contribution in [3.8, 4) is 5.75 Å². The fourth-order valence-electron chi connectivity index (χ4n) is 5.91. The van der Waals surface area contributed by atoms with Crippen LogP contribution in [0.5, 0.6) is 5.75 Å². The van der Waals surface area contributed by atoms with Gasteiger partial charge in [0.05, 0.1) is 16.9 Å². The molecule has 1 fully saturated rings. The smallest absolute Gasteiger partial charge is 0.334 e. The molecule has 3 aliphatic carbocycles. The second-order valence-corrected chi connectivity index (χ2v) is 9.25. The van der Waals surface area contributed by atoms with E-state index in [1.165, 1.54) is 6.92 Å². The lowest BCUT2D eigenvalue weighted by molar-refractivity contribution is -0.152. The Bertz CT molecular complexity index is 1220. The first kappa shape index (κ1) is 20.2. The molecule has 6 heteroatoms. The van der Waals surface area contributed by atoms with Gasteiger partial charge in [-0.15, -0.1) is 0 Å². The van der Waals surface area contributed by atoms with Gasteiger partial charge in [-0.25, -0.2) is 4.79 Å². The second kappa shape index (κ2) is 7.29. The molecule has 5 nitrogen and oxygen atoms in total. The van der Waals surface area contributed by atoms with E-state index in [1.54, 1.807) is 24.3 Å². The number of ether oxygens (including phenoxy) is 1. The molecule has 3 atom stereocenters. The van der Waals surface area contributed by atoms with Gasteiger partial charge >= 0.3 is 5.97 Å². The summed E-state index contributed by atoms with van der Waals surface area (Å²) in [6, 6.07) is 21.7. The highest BCUT2D eigenvalue weighted by Gasteiger charge is 2.62. The van der Waals surface area contributed by atoms with Crippen molar-refractivity contribution in [2.45, 2.75) is 24.8 Å². The predicted molar refractivity (Wildman–Crippen MR) is 122 cm³/mol. The van der Waals surface area contributed by atoms with Crippen LogP contribution < -0.4 is 4.74 Å². The van der Waals surface area contributed by atoms with E-state index in [9.17, 15) is 14.4 Å². The molecule has 2 bridgehead atoms. The molecule has 33 heavy (non-hydrogen) atoms. The Morgan fingerprint density at radius 1 is 0.788 bits per heavy atom. The number of carbonyl (C=O) groups is 3. The quantitative estimate of drug-likeness (QED) is 0.329. The number of benzene rings is 3. The SMILES string of the molecule is C[C@H](C(=O)Oc1ccccc1Cl)N1C(=O)[C@@H]2C3c4ccccc4C(c4ccccc43)[C@@H]2C1=O. The third-order valence-corrected chi connectivity index (χ3v) is 7.57. The molecule has 0 aromatic heterocycles. The Balaban J connectivity index is 1.39. The summed E-state index contributed by atoms with van der Waals surface area (Å²) >= 11 is 6.11. The van der Waals surface area contributed by atoms with Crippen LogP contribution in [-0.4, -0.2) is 28.7 Å². The van der Waals surface area contributed by atoms with E-state index in [0.717, 1.165) is 27.2 Å². The molecule has 2 amide bonds. The Morgan fingerprint density at radius 3 is 1.67 bits per heavy atom. The average molecular weight is 458 g/mol. The highest BCUT2D eigenvalue weighted by molar-refractivity contribution is 6.32. The fraction of sp³-hybridized carbons (Fsp3) is 0.222. The maximum Gasteiger partial charge on any atom is 0.334 e. The lowest BCUT2D eigenvalue weighted by Gasteiger charge is -2.45. The van der Waals surface area contributed by atoms with Crippen LogP contribution in [0.15, 0.2) is 72.8 Å². The first-order valence-corrected chi connectivity index (χ1v) is 11.4. The van der Waals surface area contributed by atoms with Gasteiger partial charge in [0.1, 0.15) is 11.8 Å². The standard InChI is InChI=1S/C27H20ClNO4/c1-14(27(32)33-20-13-7-6-12-19(20)28)29-25(30)23-21-15-8-2-3-9-16(15)22(24(23)26(29)31)18-11-5-4-10-17(18)21/h2-14,21-24H,1H3/t14-,21?,22?,23-,24+/m1/s1. The summed E-state index contributed by atoms with van der Waals surface area (Å²) in [6.07, 6.45) is 0. The zero-order valence-corrected chi connectivity index (χ0v) is 18.5. The van der Waals surface area contributed by atoms with Crippen LogP contribution >= 0.6 is 11.6 Å². The van der Waals surface area contributed by atoms with Crippen molar-refractivity contribution in [1.82, 2.24) is 4.90 Å². The first-order chi connectivity index (χ1) is 16.0. The highest BCUT2D eigenvalue weighted by Crippen LogP contribution is 2.61. The van der Waals surface area contributed by atoms with Gasteiger partial charge in [-0.05, 0) is 41.3 Å². The zero-order valence-electron chi connectivity index (χ0n) is 17.8. The number of amides is 2. The number of esters is 1. The Morgan fingerprint density at radius 2 is 1.21 bits per heavy atom. The molecule has 4 aliphatic rings. The van der Waals surface area contributed by atoms with Crippen LogP contribution in [0.3, 0.4) is 0 Å². The van der Waals surface area contributed by atoms with Gasteiger partial charge in [-0.3, -0.25) is 14.5 Å². The molecule has 1 aliphatic heterocycles. The van der Waals surface area contributed by atoms with Crippen molar-refractivity contribution in [2.24, 2.45) is 11.8 Å². The van der Waals surface area contributed by atoms with E-state index >= 15 is 0 Å². The Kier molecular flexibility index (Phi) is 4.46. The normalized spacial score (nSPS) is 25.3. The van der Waals surface area contributed by atoms with Crippen LogP contribution in [0.2, 0.25) is 5.02 Å². The van der Waals surface area contributed by atoms with Crippen molar-refractivity contribution in [3.05, 3.63) is 100 Å². The van der Waals surface area contributed by atoms with E-state index in [2.05, 4.69) is 24.3 Å². The maximum absolute atomic E-state index is 13.7. The van der Waals surface area contributed by atoms with Crippen molar-refractivity contribution in [3.63, 3.8) is 0 Å². The minimum Gasteiger partial charge on any atom is -0.423 e. The molecule has 0 N–H and O–H groups in total. The van der Waals surface area contributed by atoms with Crippen LogP contribution in [0, 0.1) is 11.8 Å². The van der Waals surface area contributed by atoms with Crippen molar-refractivity contribution in [1.29, 1.82) is 0 Å². The number of nitrogens with zero attached hydrogens (tertiary/aromatic N) is 1. The molecule has 3 aromatic carbocycles. The largest absolute Gasteiger partial charge is 0.423 e. The molecule has 0 unspecified atom stereocenters. The summed E-state index contributed by atoms with van der Waals surface area (Å²) in [5.41, 5.74) is 4.38. The van der Waals surface area contributed by atoms with Gasteiger partial charge < -0.3 is 4.74 Å². The summed E-state index contributed by atoms with van der Waals surface area (Å²) in [5, 5.41) is 0.287. The number of hydrogen-bond donors (Lipinski definition) is 0. The highest BCUT2D eigenvalue weighted by atomic mass is 35.5. The van der Waals surface area contributed by atoms with E-state index < -0.39 is 23.8 Å². The number of imide groups is 1. The molecule has 1 heterocycles. The Hall–Kier alpha value is -3.44. The lowest BCUT2D eigenvalue weighted by Crippen LogP contribution is -2.45. The van der Waals surface area contributed by atoms with Crippen LogP contribution in [0.1, 0.15) is 41.0 Å². The van der Waals surface area contributed by atoms with Gasteiger partial charge in [0.25, 0.3) is 0 Å². The van der Waals surface area contributed by atoms with Gasteiger partial charge in [0, 0.05) is 11.8 Å². The molecule has 0 saturated carbocycles. The monoisotopic (exact) mass is 457 g/mol. The topological polar surface area (TPSA) is 63.7 Å². The molecule has 7 rings (SSSR count). The third kappa shape index (κ3) is 2.75. The summed E-state index contributed by atoms with van der Waals surface area (Å²) in [4.78, 5) is 41.4. The summed E-state index contributed by atoms with van der Waals surface area (Å²) in [6.45, 7) is 1.54. The van der Waals surface area contributed by atoms with Crippen LogP contribution in [-0.2, 0) is 14.4 Å². The fourth-order valence-corrected chi connectivity index (χ4v) is 6.08. The summed E-state index contributed by atoms with van der Waals surface area (Å²) < 4.78 is 5.45. The third-order valence-electron chi connectivity index (χ3n) is 7.26. The second-order valence-electron chi connectivity index (χ2n) is 8.84. The minimum atomic E-state index is -1.06. The molecule has 1 saturated heterocycles. The molecule has 3 aromatic rings. The van der Waals surface area contributed by atoms with Gasteiger partial charge in [0.2, 0.25) is 11.8 Å². The number of halogens is 1. The maximum atomic E-state index is 13.7. The van der Waals surface area contributed by atoms with E-state index in [-0.39, 0.29) is 34.4 Å². The van der Waals surface area contributed by atoms with E-state index in [1.807, 2.05) is 24.3 Å². The summed E-state index contributed by atoms with van der Waals surface area (Å²) in [5.74, 6) is -2.58. The van der Waals surface area contributed by atoms with Gasteiger partial charge in [-0.1, -0.05) is 72.3 Å². The Labute approximate surface area is 195 Å². The molecule has 0 spiro atoms. The molecule has 0 radical (unpaired) electrons. The van der Waals surface area contributed by atoms with E-state index in [4.69, 9.17) is 16.3 Å². The van der Waals surface area contributed by atoms with Crippen molar-refractivity contribution < 1.29 is 19.1 Å². The van der Waals surface area contributed by atoms with Crippen LogP contribution in [0.25, 0.3) is 0 Å². The molecular weight excluding hydrogens is 438 g/mol. The number of rotatable bonds is 3. The average Bonchev–Trinajstić information content (AvgIpc) is 3.10. The zero-order chi connectivity index (χ0) is 22.9. The van der Waals surface area contributed by atoms with Gasteiger partial charge in [0.15, 0.2) is 0 Å². The number of likely N-dealkylation sites (tertiary alicyclic amines) is 1. The van der Waals surface area contributed by atoms with Crippen molar-refractivity contribution in [2.75, 3.05) is 0 Å². The first-order valence-electron chi connectivity index (χ1n) is 11.0. The molecule has 164 valence electrons. The number of hydrogen-bond acceptors (Lipinski definition) is 4. The lowest BCUT2D eigenvalue weighted by atomic mass is 9.55. The minimum absolute atomic E-state index is 0.201. The number of para-hydroxylation sites is 1. The van der Waals surface area contributed by atoms with E-state index in [0.29, 0.717) is 0 Å². The number of carbonyl (C=O) groups excluding carboxylic acids is 3. The summed E-state index contributed by atoms with van der Waals surface area (Å²) in [7, 11) is 0. The molecular formula is C27H20ClNO4.